The molecule has 0 saturated heterocycles. The summed E-state index contributed by atoms with van der Waals surface area (Å²) in [6.45, 7) is 6.05. The molecule has 1 aliphatic rings. The summed E-state index contributed by atoms with van der Waals surface area (Å²) in [5.41, 5.74) is 3.97. The maximum Gasteiger partial charge on any atom is 0.209 e. The third-order valence-electron chi connectivity index (χ3n) is 3.69. The Labute approximate surface area is 129 Å². The second kappa shape index (κ2) is 6.58. The van der Waals surface area contributed by atoms with Crippen LogP contribution in [0.4, 0.5) is 0 Å². The van der Waals surface area contributed by atoms with E-state index in [4.69, 9.17) is 0 Å². The summed E-state index contributed by atoms with van der Waals surface area (Å²) in [7, 11) is 0. The molecular weight excluding hydrogens is 282 g/mol. The molecular formula is C15H21N5S. The molecule has 2 aromatic rings. The molecule has 0 unspecified atom stereocenters. The van der Waals surface area contributed by atoms with Crippen LogP contribution >= 0.6 is 11.8 Å². The van der Waals surface area contributed by atoms with E-state index in [2.05, 4.69) is 52.9 Å². The topological polar surface area (TPSA) is 55.6 Å². The van der Waals surface area contributed by atoms with Gasteiger partial charge in [-0.3, -0.25) is 0 Å². The zero-order valence-electron chi connectivity index (χ0n) is 12.5. The van der Waals surface area contributed by atoms with E-state index in [0.29, 0.717) is 0 Å². The van der Waals surface area contributed by atoms with Gasteiger partial charge in [-0.05, 0) is 48.2 Å². The SMILES string of the molecule is Cc1ccc(C)c(CSc2nnnn2CCNC2CC2)c1. The molecule has 1 fully saturated rings. The maximum atomic E-state index is 4.13. The second-order valence-electron chi connectivity index (χ2n) is 5.63. The van der Waals surface area contributed by atoms with Crippen molar-refractivity contribution in [1.29, 1.82) is 0 Å². The zero-order chi connectivity index (χ0) is 14.7. The number of rotatable bonds is 7. The van der Waals surface area contributed by atoms with Gasteiger partial charge in [0, 0.05) is 18.3 Å². The highest BCUT2D eigenvalue weighted by Gasteiger charge is 2.20. The first-order valence-electron chi connectivity index (χ1n) is 7.41. The first-order chi connectivity index (χ1) is 10.2. The lowest BCUT2D eigenvalue weighted by Crippen LogP contribution is -2.22. The van der Waals surface area contributed by atoms with Crippen molar-refractivity contribution in [1.82, 2.24) is 25.5 Å². The van der Waals surface area contributed by atoms with Crippen LogP contribution in [0.25, 0.3) is 0 Å². The number of aryl methyl sites for hydroxylation is 2. The van der Waals surface area contributed by atoms with Crippen molar-refractivity contribution in [2.45, 2.75) is 50.2 Å². The van der Waals surface area contributed by atoms with Crippen LogP contribution in [0.15, 0.2) is 23.4 Å². The van der Waals surface area contributed by atoms with E-state index in [1.807, 2.05) is 4.68 Å². The molecule has 112 valence electrons. The van der Waals surface area contributed by atoms with E-state index in [0.717, 1.165) is 30.0 Å². The maximum absolute atomic E-state index is 4.13. The van der Waals surface area contributed by atoms with Gasteiger partial charge in [-0.25, -0.2) is 4.68 Å². The van der Waals surface area contributed by atoms with Gasteiger partial charge >= 0.3 is 0 Å². The fourth-order valence-electron chi connectivity index (χ4n) is 2.20. The average Bonchev–Trinajstić information content (AvgIpc) is 3.18. The molecule has 0 spiro atoms. The fraction of sp³-hybridized carbons (Fsp3) is 0.533. The van der Waals surface area contributed by atoms with Gasteiger partial charge in [-0.2, -0.15) is 0 Å². The molecule has 1 aromatic heterocycles. The number of tetrazole rings is 1. The summed E-state index contributed by atoms with van der Waals surface area (Å²) >= 11 is 1.70. The highest BCUT2D eigenvalue weighted by atomic mass is 32.2. The van der Waals surface area contributed by atoms with Crippen LogP contribution in [0.3, 0.4) is 0 Å². The van der Waals surface area contributed by atoms with Crippen LogP contribution in [0.5, 0.6) is 0 Å². The summed E-state index contributed by atoms with van der Waals surface area (Å²) in [6.07, 6.45) is 2.62. The Morgan fingerprint density at radius 3 is 3.00 bits per heavy atom. The number of hydrogen-bond donors (Lipinski definition) is 1. The normalized spacial score (nSPS) is 14.6. The molecule has 1 heterocycles. The van der Waals surface area contributed by atoms with E-state index in [1.54, 1.807) is 11.8 Å². The molecule has 1 N–H and O–H groups in total. The van der Waals surface area contributed by atoms with Crippen molar-refractivity contribution in [2.75, 3.05) is 6.54 Å². The molecule has 1 aliphatic carbocycles. The number of thioether (sulfide) groups is 1. The van der Waals surface area contributed by atoms with Gasteiger partial charge in [0.25, 0.3) is 0 Å². The molecule has 3 rings (SSSR count). The third kappa shape index (κ3) is 4.04. The Balaban J connectivity index is 1.57. The van der Waals surface area contributed by atoms with Crippen molar-refractivity contribution < 1.29 is 0 Å². The summed E-state index contributed by atoms with van der Waals surface area (Å²) in [6, 6.07) is 7.29. The van der Waals surface area contributed by atoms with E-state index in [1.165, 1.54) is 29.5 Å². The number of hydrogen-bond acceptors (Lipinski definition) is 5. The van der Waals surface area contributed by atoms with Crippen molar-refractivity contribution in [3.8, 4) is 0 Å². The van der Waals surface area contributed by atoms with Crippen LogP contribution in [0, 0.1) is 13.8 Å². The highest BCUT2D eigenvalue weighted by Crippen LogP contribution is 2.23. The Kier molecular flexibility index (Phi) is 4.55. The van der Waals surface area contributed by atoms with Crippen LogP contribution in [-0.4, -0.2) is 32.8 Å². The molecule has 21 heavy (non-hydrogen) atoms. The van der Waals surface area contributed by atoms with Gasteiger partial charge in [-0.1, -0.05) is 35.5 Å². The minimum Gasteiger partial charge on any atom is -0.312 e. The Bertz CT molecular complexity index is 606. The number of aromatic nitrogens is 4. The smallest absolute Gasteiger partial charge is 0.209 e. The monoisotopic (exact) mass is 303 g/mol. The van der Waals surface area contributed by atoms with Crippen LogP contribution in [-0.2, 0) is 12.3 Å². The minimum absolute atomic E-state index is 0.729. The summed E-state index contributed by atoms with van der Waals surface area (Å²) in [5.74, 6) is 0.907. The molecule has 0 radical (unpaired) electrons. The van der Waals surface area contributed by atoms with E-state index in [-0.39, 0.29) is 0 Å². The van der Waals surface area contributed by atoms with Gasteiger partial charge in [0.15, 0.2) is 0 Å². The fourth-order valence-corrected chi connectivity index (χ4v) is 3.17. The first kappa shape index (κ1) is 14.5. The Morgan fingerprint density at radius 2 is 2.19 bits per heavy atom. The second-order valence-corrected chi connectivity index (χ2v) is 6.57. The summed E-state index contributed by atoms with van der Waals surface area (Å²) in [4.78, 5) is 0. The number of nitrogens with zero attached hydrogens (tertiary/aromatic N) is 4. The van der Waals surface area contributed by atoms with Crippen molar-refractivity contribution in [3.05, 3.63) is 34.9 Å². The first-order valence-corrected chi connectivity index (χ1v) is 8.39. The molecule has 6 heteroatoms. The molecule has 5 nitrogen and oxygen atoms in total. The number of nitrogens with one attached hydrogen (secondary N) is 1. The summed E-state index contributed by atoms with van der Waals surface area (Å²) in [5, 5.41) is 16.4. The quantitative estimate of drug-likeness (QED) is 0.796. The Morgan fingerprint density at radius 1 is 1.33 bits per heavy atom. The van der Waals surface area contributed by atoms with Gasteiger partial charge in [-0.15, -0.1) is 5.10 Å². The van der Waals surface area contributed by atoms with Gasteiger partial charge in [0.05, 0.1) is 6.54 Å². The van der Waals surface area contributed by atoms with Crippen LogP contribution < -0.4 is 5.32 Å². The van der Waals surface area contributed by atoms with Crippen molar-refractivity contribution >= 4 is 11.8 Å². The van der Waals surface area contributed by atoms with Crippen molar-refractivity contribution in [3.63, 3.8) is 0 Å². The Hall–Kier alpha value is -1.40. The predicted molar refractivity (Wildman–Crippen MR) is 84.3 cm³/mol. The lowest BCUT2D eigenvalue weighted by Gasteiger charge is -2.07. The molecule has 1 saturated carbocycles. The lowest BCUT2D eigenvalue weighted by molar-refractivity contribution is 0.509. The van der Waals surface area contributed by atoms with E-state index < -0.39 is 0 Å². The van der Waals surface area contributed by atoms with Gasteiger partial charge in [0.1, 0.15) is 0 Å². The number of benzene rings is 1. The molecule has 1 aromatic carbocycles. The van der Waals surface area contributed by atoms with Gasteiger partial charge in [0.2, 0.25) is 5.16 Å². The van der Waals surface area contributed by atoms with E-state index >= 15 is 0 Å². The standard InChI is InChI=1S/C15H21N5S/c1-11-3-4-12(2)13(9-11)10-21-15-17-18-19-20(15)8-7-16-14-5-6-14/h3-4,9,14,16H,5-8,10H2,1-2H3. The third-order valence-corrected chi connectivity index (χ3v) is 4.70. The lowest BCUT2D eigenvalue weighted by atomic mass is 10.1. The van der Waals surface area contributed by atoms with Gasteiger partial charge < -0.3 is 5.32 Å². The highest BCUT2D eigenvalue weighted by molar-refractivity contribution is 7.98. The van der Waals surface area contributed by atoms with Crippen molar-refractivity contribution in [2.24, 2.45) is 0 Å². The van der Waals surface area contributed by atoms with Crippen LogP contribution in [0.1, 0.15) is 29.5 Å². The molecule has 0 atom stereocenters. The summed E-state index contributed by atoms with van der Waals surface area (Å²) < 4.78 is 1.89. The molecule has 0 bridgehead atoms. The molecule has 0 aliphatic heterocycles. The minimum atomic E-state index is 0.729. The largest absolute Gasteiger partial charge is 0.312 e. The average molecular weight is 303 g/mol. The van der Waals surface area contributed by atoms with Crippen LogP contribution in [0.2, 0.25) is 0 Å². The molecule has 0 amide bonds. The zero-order valence-corrected chi connectivity index (χ0v) is 13.4. The predicted octanol–water partition coefficient (Wildman–Crippen LogP) is 2.33. The van der Waals surface area contributed by atoms with E-state index in [9.17, 15) is 0 Å².